The van der Waals surface area contributed by atoms with Gasteiger partial charge in [-0.05, 0) is 37.3 Å². The monoisotopic (exact) mass is 304 g/mol. The first-order chi connectivity index (χ1) is 10.5. The smallest absolute Gasteiger partial charge is 0.268 e. The van der Waals surface area contributed by atoms with Gasteiger partial charge in [0.25, 0.3) is 11.8 Å². The van der Waals surface area contributed by atoms with E-state index in [1.807, 2.05) is 0 Å². The fourth-order valence-corrected chi connectivity index (χ4v) is 1.89. The first kappa shape index (κ1) is 15.7. The van der Waals surface area contributed by atoms with Crippen LogP contribution >= 0.6 is 0 Å². The molecular weight excluding hydrogens is 288 g/mol. The SMILES string of the molecule is CC(O)C(NC(=O)c1ccc(-n2cccn2)cc1)C(=O)NO. The summed E-state index contributed by atoms with van der Waals surface area (Å²) >= 11 is 0. The average molecular weight is 304 g/mol. The molecule has 0 fully saturated rings. The van der Waals surface area contributed by atoms with E-state index in [4.69, 9.17) is 5.21 Å². The molecule has 1 heterocycles. The largest absolute Gasteiger partial charge is 0.391 e. The molecule has 2 atom stereocenters. The molecule has 8 heteroatoms. The molecule has 0 aliphatic rings. The van der Waals surface area contributed by atoms with Crippen LogP contribution in [0, 0.1) is 0 Å². The molecule has 2 rings (SSSR count). The molecule has 0 saturated heterocycles. The van der Waals surface area contributed by atoms with Crippen LogP contribution in [0.1, 0.15) is 17.3 Å². The van der Waals surface area contributed by atoms with Gasteiger partial charge in [-0.3, -0.25) is 14.8 Å². The summed E-state index contributed by atoms with van der Waals surface area (Å²) in [5, 5.41) is 24.5. The highest BCUT2D eigenvalue weighted by atomic mass is 16.5. The van der Waals surface area contributed by atoms with Crippen LogP contribution in [0.3, 0.4) is 0 Å². The molecule has 2 unspecified atom stereocenters. The van der Waals surface area contributed by atoms with E-state index in [0.717, 1.165) is 5.69 Å². The van der Waals surface area contributed by atoms with Crippen molar-refractivity contribution in [1.29, 1.82) is 0 Å². The van der Waals surface area contributed by atoms with Crippen molar-refractivity contribution >= 4 is 11.8 Å². The number of hydrogen-bond donors (Lipinski definition) is 4. The van der Waals surface area contributed by atoms with Crippen molar-refractivity contribution in [3.05, 3.63) is 48.3 Å². The Morgan fingerprint density at radius 3 is 2.45 bits per heavy atom. The molecule has 4 N–H and O–H groups in total. The summed E-state index contributed by atoms with van der Waals surface area (Å²) in [7, 11) is 0. The van der Waals surface area contributed by atoms with Crippen molar-refractivity contribution in [1.82, 2.24) is 20.6 Å². The van der Waals surface area contributed by atoms with Crippen LogP contribution in [0.4, 0.5) is 0 Å². The van der Waals surface area contributed by atoms with E-state index in [9.17, 15) is 14.7 Å². The number of carbonyl (C=O) groups is 2. The lowest BCUT2D eigenvalue weighted by atomic mass is 10.1. The zero-order valence-electron chi connectivity index (χ0n) is 11.8. The van der Waals surface area contributed by atoms with Crippen LogP contribution in [0.5, 0.6) is 0 Å². The predicted octanol–water partition coefficient (Wildman–Crippen LogP) is -0.143. The Hall–Kier alpha value is -2.71. The summed E-state index contributed by atoms with van der Waals surface area (Å²) in [5.41, 5.74) is 2.50. The maximum Gasteiger partial charge on any atom is 0.268 e. The van der Waals surface area contributed by atoms with Gasteiger partial charge in [0.1, 0.15) is 6.04 Å². The molecule has 1 aromatic heterocycles. The fourth-order valence-electron chi connectivity index (χ4n) is 1.89. The highest BCUT2D eigenvalue weighted by Crippen LogP contribution is 2.09. The molecule has 0 radical (unpaired) electrons. The Kier molecular flexibility index (Phi) is 4.87. The van der Waals surface area contributed by atoms with E-state index in [0.29, 0.717) is 5.56 Å². The number of rotatable bonds is 5. The van der Waals surface area contributed by atoms with E-state index >= 15 is 0 Å². The molecule has 2 amide bonds. The number of hydrogen-bond acceptors (Lipinski definition) is 5. The molecule has 22 heavy (non-hydrogen) atoms. The summed E-state index contributed by atoms with van der Waals surface area (Å²) in [6, 6.07) is 7.08. The average Bonchev–Trinajstić information content (AvgIpc) is 3.06. The number of hydroxylamine groups is 1. The van der Waals surface area contributed by atoms with Gasteiger partial charge in [0.15, 0.2) is 0 Å². The van der Waals surface area contributed by atoms with Gasteiger partial charge in [-0.15, -0.1) is 0 Å². The Morgan fingerprint density at radius 2 is 1.95 bits per heavy atom. The zero-order valence-corrected chi connectivity index (χ0v) is 11.8. The van der Waals surface area contributed by atoms with Gasteiger partial charge in [0.05, 0.1) is 11.8 Å². The number of nitrogens with zero attached hydrogens (tertiary/aromatic N) is 2. The van der Waals surface area contributed by atoms with Crippen LogP contribution in [-0.4, -0.2) is 44.1 Å². The van der Waals surface area contributed by atoms with Gasteiger partial charge in [-0.2, -0.15) is 5.10 Å². The normalized spacial score (nSPS) is 13.2. The molecule has 2 aromatic rings. The van der Waals surface area contributed by atoms with Crippen molar-refractivity contribution in [2.45, 2.75) is 19.1 Å². The molecule has 0 saturated carbocycles. The molecule has 0 bridgehead atoms. The van der Waals surface area contributed by atoms with E-state index in [2.05, 4.69) is 10.4 Å². The Labute approximate surface area is 126 Å². The third kappa shape index (κ3) is 3.48. The second-order valence-electron chi connectivity index (χ2n) is 4.67. The van der Waals surface area contributed by atoms with Gasteiger partial charge < -0.3 is 10.4 Å². The van der Waals surface area contributed by atoms with Crippen LogP contribution in [0.25, 0.3) is 5.69 Å². The summed E-state index contributed by atoms with van der Waals surface area (Å²) in [5.74, 6) is -1.43. The van der Waals surface area contributed by atoms with Crippen molar-refractivity contribution in [3.63, 3.8) is 0 Å². The third-order valence-electron chi connectivity index (χ3n) is 3.06. The Balaban J connectivity index is 2.11. The van der Waals surface area contributed by atoms with Gasteiger partial charge >= 0.3 is 0 Å². The zero-order chi connectivity index (χ0) is 16.1. The second-order valence-corrected chi connectivity index (χ2v) is 4.67. The number of benzene rings is 1. The Bertz CT molecular complexity index is 637. The maximum absolute atomic E-state index is 12.1. The first-order valence-corrected chi connectivity index (χ1v) is 6.56. The second kappa shape index (κ2) is 6.83. The lowest BCUT2D eigenvalue weighted by molar-refractivity contribution is -0.133. The van der Waals surface area contributed by atoms with Crippen molar-refractivity contribution < 1.29 is 19.9 Å². The highest BCUT2D eigenvalue weighted by Gasteiger charge is 2.25. The minimum absolute atomic E-state index is 0.312. The quantitative estimate of drug-likeness (QED) is 0.453. The molecular formula is C14H16N4O4. The van der Waals surface area contributed by atoms with E-state index in [1.54, 1.807) is 47.4 Å². The van der Waals surface area contributed by atoms with Gasteiger partial charge in [-0.25, -0.2) is 10.2 Å². The molecule has 0 aliphatic carbocycles. The Morgan fingerprint density at radius 1 is 1.27 bits per heavy atom. The molecule has 0 aliphatic heterocycles. The predicted molar refractivity (Wildman–Crippen MR) is 76.4 cm³/mol. The van der Waals surface area contributed by atoms with Gasteiger partial charge in [-0.1, -0.05) is 0 Å². The summed E-state index contributed by atoms with van der Waals surface area (Å²) in [4.78, 5) is 23.5. The lowest BCUT2D eigenvalue weighted by Crippen LogP contribution is -2.51. The lowest BCUT2D eigenvalue weighted by Gasteiger charge is -2.19. The minimum Gasteiger partial charge on any atom is -0.391 e. The van der Waals surface area contributed by atoms with Crippen molar-refractivity contribution in [2.24, 2.45) is 0 Å². The number of amides is 2. The summed E-state index contributed by atoms with van der Waals surface area (Å²) in [6.07, 6.45) is 2.25. The first-order valence-electron chi connectivity index (χ1n) is 6.56. The van der Waals surface area contributed by atoms with Crippen LogP contribution in [-0.2, 0) is 4.79 Å². The van der Waals surface area contributed by atoms with Crippen molar-refractivity contribution in [3.8, 4) is 5.69 Å². The highest BCUT2D eigenvalue weighted by molar-refractivity contribution is 5.97. The molecule has 8 nitrogen and oxygen atoms in total. The molecule has 116 valence electrons. The standard InChI is InChI=1S/C14H16N4O4/c1-9(19)12(14(21)17-22)16-13(20)10-3-5-11(6-4-10)18-8-2-7-15-18/h2-9,12,19,22H,1H3,(H,16,20)(H,17,21). The fraction of sp³-hybridized carbons (Fsp3) is 0.214. The minimum atomic E-state index is -1.25. The van der Waals surface area contributed by atoms with Crippen molar-refractivity contribution in [2.75, 3.05) is 0 Å². The third-order valence-corrected chi connectivity index (χ3v) is 3.06. The number of aliphatic hydroxyl groups is 1. The number of carbonyl (C=O) groups excluding carboxylic acids is 2. The van der Waals surface area contributed by atoms with Crippen LogP contribution < -0.4 is 10.8 Å². The molecule has 1 aromatic carbocycles. The number of aromatic nitrogens is 2. The van der Waals surface area contributed by atoms with Crippen LogP contribution in [0.15, 0.2) is 42.7 Å². The van der Waals surface area contributed by atoms with E-state index in [-0.39, 0.29) is 0 Å². The van der Waals surface area contributed by atoms with E-state index < -0.39 is 24.0 Å². The number of nitrogens with one attached hydrogen (secondary N) is 2. The number of aliphatic hydroxyl groups excluding tert-OH is 1. The summed E-state index contributed by atoms with van der Waals surface area (Å²) < 4.78 is 1.64. The van der Waals surface area contributed by atoms with Gasteiger partial charge in [0.2, 0.25) is 0 Å². The molecule has 0 spiro atoms. The summed E-state index contributed by atoms with van der Waals surface area (Å²) in [6.45, 7) is 1.33. The van der Waals surface area contributed by atoms with Gasteiger partial charge in [0, 0.05) is 18.0 Å². The van der Waals surface area contributed by atoms with Crippen LogP contribution in [0.2, 0.25) is 0 Å². The topological polar surface area (TPSA) is 116 Å². The van der Waals surface area contributed by atoms with E-state index in [1.165, 1.54) is 12.4 Å². The maximum atomic E-state index is 12.1.